The third-order valence-electron chi connectivity index (χ3n) is 2.36. The first-order valence-electron chi connectivity index (χ1n) is 5.64. The Kier molecular flexibility index (Phi) is 4.46. The van der Waals surface area contributed by atoms with E-state index in [2.05, 4.69) is 14.7 Å². The van der Waals surface area contributed by atoms with Gasteiger partial charge in [-0.05, 0) is 18.6 Å². The molecule has 1 N–H and O–H groups in total. The zero-order valence-electron chi connectivity index (χ0n) is 10.8. The zero-order valence-corrected chi connectivity index (χ0v) is 13.1. The van der Waals surface area contributed by atoms with Crippen molar-refractivity contribution in [1.82, 2.24) is 9.97 Å². The summed E-state index contributed by atoms with van der Waals surface area (Å²) >= 11 is 6.97. The van der Waals surface area contributed by atoms with Crippen molar-refractivity contribution < 1.29 is 13.2 Å². The molecule has 0 aliphatic carbocycles. The van der Waals surface area contributed by atoms with E-state index in [0.29, 0.717) is 0 Å². The van der Waals surface area contributed by atoms with Gasteiger partial charge in [0.2, 0.25) is 11.8 Å². The van der Waals surface area contributed by atoms with Crippen molar-refractivity contribution in [3.05, 3.63) is 28.2 Å². The SMILES string of the molecule is CCc1ccc(S(=O)(=O)Nc2nc(Cl)cc(OC)n2)s1. The molecule has 108 valence electrons. The molecule has 2 aromatic heterocycles. The quantitative estimate of drug-likeness (QED) is 0.850. The summed E-state index contributed by atoms with van der Waals surface area (Å²) in [4.78, 5) is 8.68. The van der Waals surface area contributed by atoms with Gasteiger partial charge in [-0.2, -0.15) is 4.98 Å². The summed E-state index contributed by atoms with van der Waals surface area (Å²) in [5.74, 6) is 0.0592. The molecule has 0 spiro atoms. The lowest BCUT2D eigenvalue weighted by Gasteiger charge is -2.06. The van der Waals surface area contributed by atoms with E-state index in [0.717, 1.165) is 11.3 Å². The second kappa shape index (κ2) is 5.94. The molecule has 0 aliphatic heterocycles. The highest BCUT2D eigenvalue weighted by Gasteiger charge is 2.18. The van der Waals surface area contributed by atoms with Crippen LogP contribution in [0.1, 0.15) is 11.8 Å². The highest BCUT2D eigenvalue weighted by Crippen LogP contribution is 2.24. The number of nitrogens with one attached hydrogen (secondary N) is 1. The van der Waals surface area contributed by atoms with Crippen LogP contribution in [0.25, 0.3) is 0 Å². The molecule has 6 nitrogen and oxygen atoms in total. The summed E-state index contributed by atoms with van der Waals surface area (Å²) in [5.41, 5.74) is 0. The summed E-state index contributed by atoms with van der Waals surface area (Å²) in [6, 6.07) is 4.71. The van der Waals surface area contributed by atoms with Gasteiger partial charge in [0.05, 0.1) is 7.11 Å². The van der Waals surface area contributed by atoms with Gasteiger partial charge in [0.1, 0.15) is 9.36 Å². The zero-order chi connectivity index (χ0) is 14.8. The van der Waals surface area contributed by atoms with Gasteiger partial charge < -0.3 is 4.74 Å². The van der Waals surface area contributed by atoms with Crippen LogP contribution in [0.3, 0.4) is 0 Å². The molecule has 0 atom stereocenters. The van der Waals surface area contributed by atoms with Crippen molar-refractivity contribution in [3.8, 4) is 5.88 Å². The third-order valence-corrected chi connectivity index (χ3v) is 5.60. The van der Waals surface area contributed by atoms with Gasteiger partial charge in [-0.25, -0.2) is 18.1 Å². The first-order chi connectivity index (χ1) is 9.44. The van der Waals surface area contributed by atoms with E-state index in [1.54, 1.807) is 12.1 Å². The lowest BCUT2D eigenvalue weighted by molar-refractivity contribution is 0.397. The molecule has 0 radical (unpaired) electrons. The van der Waals surface area contributed by atoms with Crippen molar-refractivity contribution in [2.75, 3.05) is 11.8 Å². The van der Waals surface area contributed by atoms with Gasteiger partial charge in [0.25, 0.3) is 10.0 Å². The molecule has 0 bridgehead atoms. The molecule has 0 fully saturated rings. The number of ether oxygens (including phenoxy) is 1. The van der Waals surface area contributed by atoms with Crippen LogP contribution < -0.4 is 9.46 Å². The van der Waals surface area contributed by atoms with Crippen molar-refractivity contribution in [3.63, 3.8) is 0 Å². The first-order valence-corrected chi connectivity index (χ1v) is 8.32. The molecule has 20 heavy (non-hydrogen) atoms. The standard InChI is InChI=1S/C11H12ClN3O3S2/c1-3-7-4-5-10(19-7)20(16,17)15-11-13-8(12)6-9(14-11)18-2/h4-6H,3H2,1-2H3,(H,13,14,15). The molecule has 2 heterocycles. The lowest BCUT2D eigenvalue weighted by atomic mass is 10.4. The number of anilines is 1. The molecule has 2 aromatic rings. The molecule has 0 aliphatic rings. The number of sulfonamides is 1. The van der Waals surface area contributed by atoms with Crippen LogP contribution in [0.15, 0.2) is 22.4 Å². The fourth-order valence-corrected chi connectivity index (χ4v) is 3.82. The van der Waals surface area contributed by atoms with Crippen molar-refractivity contribution in [2.24, 2.45) is 0 Å². The molecular weight excluding hydrogens is 322 g/mol. The number of thiophene rings is 1. The van der Waals surface area contributed by atoms with Gasteiger partial charge >= 0.3 is 0 Å². The monoisotopic (exact) mass is 333 g/mol. The summed E-state index contributed by atoms with van der Waals surface area (Å²) in [7, 11) is -2.31. The number of hydrogen-bond donors (Lipinski definition) is 1. The van der Waals surface area contributed by atoms with E-state index in [1.165, 1.54) is 24.5 Å². The smallest absolute Gasteiger partial charge is 0.273 e. The lowest BCUT2D eigenvalue weighted by Crippen LogP contribution is -2.14. The Morgan fingerprint density at radius 3 is 2.75 bits per heavy atom. The van der Waals surface area contributed by atoms with Gasteiger partial charge in [0.15, 0.2) is 0 Å². The summed E-state index contributed by atoms with van der Waals surface area (Å²) in [6.45, 7) is 1.96. The van der Waals surface area contributed by atoms with Crippen molar-refractivity contribution in [2.45, 2.75) is 17.6 Å². The number of aryl methyl sites for hydroxylation is 1. The summed E-state index contributed by atoms with van der Waals surface area (Å²) in [5, 5.41) is 0.0926. The van der Waals surface area contributed by atoms with Gasteiger partial charge in [-0.1, -0.05) is 18.5 Å². The van der Waals surface area contributed by atoms with Crippen LogP contribution in [-0.2, 0) is 16.4 Å². The Labute approximate surface area is 125 Å². The summed E-state index contributed by atoms with van der Waals surface area (Å²) in [6.07, 6.45) is 0.779. The minimum atomic E-state index is -3.72. The fraction of sp³-hybridized carbons (Fsp3) is 0.273. The second-order valence-corrected chi connectivity index (χ2v) is 7.20. The summed E-state index contributed by atoms with van der Waals surface area (Å²) < 4.78 is 31.8. The van der Waals surface area contributed by atoms with E-state index >= 15 is 0 Å². The molecule has 0 saturated carbocycles. The molecule has 9 heteroatoms. The van der Waals surface area contributed by atoms with Crippen LogP contribution in [0.2, 0.25) is 5.15 Å². The van der Waals surface area contributed by atoms with E-state index < -0.39 is 10.0 Å². The average Bonchev–Trinajstić information content (AvgIpc) is 2.87. The van der Waals surface area contributed by atoms with E-state index in [4.69, 9.17) is 16.3 Å². The number of hydrogen-bond acceptors (Lipinski definition) is 6. The van der Waals surface area contributed by atoms with E-state index in [-0.39, 0.29) is 21.2 Å². The Bertz CT molecular complexity index is 715. The third kappa shape index (κ3) is 3.38. The molecule has 0 aromatic carbocycles. The Morgan fingerprint density at radius 1 is 1.40 bits per heavy atom. The first kappa shape index (κ1) is 15.0. The maximum Gasteiger partial charge on any atom is 0.273 e. The van der Waals surface area contributed by atoms with Gasteiger partial charge in [-0.15, -0.1) is 11.3 Å². The van der Waals surface area contributed by atoms with Gasteiger partial charge in [-0.3, -0.25) is 0 Å². The van der Waals surface area contributed by atoms with Crippen LogP contribution in [0.5, 0.6) is 5.88 Å². The van der Waals surface area contributed by atoms with Crippen LogP contribution in [0, 0.1) is 0 Å². The van der Waals surface area contributed by atoms with E-state index in [9.17, 15) is 8.42 Å². The molecule has 0 unspecified atom stereocenters. The average molecular weight is 334 g/mol. The van der Waals surface area contributed by atoms with Crippen molar-refractivity contribution in [1.29, 1.82) is 0 Å². The van der Waals surface area contributed by atoms with Crippen LogP contribution >= 0.6 is 22.9 Å². The normalized spacial score (nSPS) is 11.3. The number of halogens is 1. The topological polar surface area (TPSA) is 81.2 Å². The predicted octanol–water partition coefficient (Wildman–Crippen LogP) is 2.56. The van der Waals surface area contributed by atoms with Gasteiger partial charge in [0, 0.05) is 10.9 Å². The predicted molar refractivity (Wildman–Crippen MR) is 78.1 cm³/mol. The van der Waals surface area contributed by atoms with Crippen LogP contribution in [0.4, 0.5) is 5.95 Å². The number of aromatic nitrogens is 2. The largest absolute Gasteiger partial charge is 0.481 e. The molecule has 2 rings (SSSR count). The Morgan fingerprint density at radius 2 is 2.15 bits per heavy atom. The Hall–Kier alpha value is -1.38. The molecule has 0 amide bonds. The number of nitrogens with zero attached hydrogens (tertiary/aromatic N) is 2. The van der Waals surface area contributed by atoms with Crippen molar-refractivity contribution >= 4 is 38.9 Å². The Balaban J connectivity index is 2.30. The minimum absolute atomic E-state index is 0.0926. The molecule has 0 saturated heterocycles. The van der Waals surface area contributed by atoms with Crippen LogP contribution in [-0.4, -0.2) is 25.5 Å². The number of rotatable bonds is 5. The molecular formula is C11H12ClN3O3S2. The maximum absolute atomic E-state index is 12.2. The highest BCUT2D eigenvalue weighted by molar-refractivity contribution is 7.94. The fourth-order valence-electron chi connectivity index (χ4n) is 1.41. The number of methoxy groups -OCH3 is 1. The highest BCUT2D eigenvalue weighted by atomic mass is 35.5. The second-order valence-electron chi connectivity index (χ2n) is 3.74. The maximum atomic E-state index is 12.2. The van der Waals surface area contributed by atoms with E-state index in [1.807, 2.05) is 6.92 Å². The minimum Gasteiger partial charge on any atom is -0.481 e.